The van der Waals surface area contributed by atoms with E-state index in [0.29, 0.717) is 23.1 Å². The summed E-state index contributed by atoms with van der Waals surface area (Å²) in [6.45, 7) is 0.354. The second kappa shape index (κ2) is 7.72. The summed E-state index contributed by atoms with van der Waals surface area (Å²) in [6, 6.07) is 14.7. The smallest absolute Gasteiger partial charge is 0.270 e. The maximum absolute atomic E-state index is 13.2. The van der Waals surface area contributed by atoms with E-state index >= 15 is 0 Å². The lowest BCUT2D eigenvalue weighted by atomic mass is 10.2. The van der Waals surface area contributed by atoms with Crippen molar-refractivity contribution >= 4 is 29.0 Å². The Kier molecular flexibility index (Phi) is 5.20. The minimum atomic E-state index is -0.361. The number of carbonyl (C=O) groups is 1. The van der Waals surface area contributed by atoms with Crippen LogP contribution >= 0.6 is 11.6 Å². The molecule has 0 radical (unpaired) electrons. The summed E-state index contributed by atoms with van der Waals surface area (Å²) < 4.78 is 13.2. The third-order valence-electron chi connectivity index (χ3n) is 3.36. The maximum Gasteiger partial charge on any atom is 0.270 e. The van der Waals surface area contributed by atoms with Gasteiger partial charge in [-0.25, -0.2) is 14.4 Å². The van der Waals surface area contributed by atoms with Crippen molar-refractivity contribution in [2.45, 2.75) is 6.54 Å². The lowest BCUT2D eigenvalue weighted by Crippen LogP contribution is -2.24. The van der Waals surface area contributed by atoms with E-state index in [9.17, 15) is 9.18 Å². The van der Waals surface area contributed by atoms with Gasteiger partial charge in [-0.3, -0.25) is 4.79 Å². The molecule has 0 aliphatic rings. The Labute approximate surface area is 148 Å². The van der Waals surface area contributed by atoms with Crippen LogP contribution in [0, 0.1) is 5.82 Å². The highest BCUT2D eigenvalue weighted by molar-refractivity contribution is 6.30. The molecule has 0 saturated heterocycles. The van der Waals surface area contributed by atoms with Gasteiger partial charge in [0.15, 0.2) is 0 Å². The molecule has 0 spiro atoms. The summed E-state index contributed by atoms with van der Waals surface area (Å²) in [7, 11) is 0. The van der Waals surface area contributed by atoms with Crippen LogP contribution in [0.5, 0.6) is 0 Å². The van der Waals surface area contributed by atoms with Gasteiger partial charge < -0.3 is 10.6 Å². The Bertz CT molecular complexity index is 886. The zero-order valence-electron chi connectivity index (χ0n) is 13.0. The molecule has 0 saturated carbocycles. The number of benzene rings is 2. The van der Waals surface area contributed by atoms with Crippen molar-refractivity contribution in [3.8, 4) is 0 Å². The molecule has 1 heterocycles. The van der Waals surface area contributed by atoms with Crippen LogP contribution in [0.3, 0.4) is 0 Å². The molecule has 126 valence electrons. The third-order valence-corrected chi connectivity index (χ3v) is 3.62. The van der Waals surface area contributed by atoms with Crippen molar-refractivity contribution in [3.05, 3.63) is 83.0 Å². The Morgan fingerprint density at radius 2 is 1.88 bits per heavy atom. The number of nitrogens with zero attached hydrogens (tertiary/aromatic N) is 2. The molecule has 3 rings (SSSR count). The fraction of sp³-hybridized carbons (Fsp3) is 0.0556. The molecule has 2 N–H and O–H groups in total. The van der Waals surface area contributed by atoms with Crippen molar-refractivity contribution in [2.75, 3.05) is 5.32 Å². The number of hydrogen-bond donors (Lipinski definition) is 2. The highest BCUT2D eigenvalue weighted by Crippen LogP contribution is 2.15. The number of nitrogens with one attached hydrogen (secondary N) is 2. The van der Waals surface area contributed by atoms with Crippen molar-refractivity contribution in [3.63, 3.8) is 0 Å². The van der Waals surface area contributed by atoms with Crippen LogP contribution in [-0.2, 0) is 6.54 Å². The predicted molar refractivity (Wildman–Crippen MR) is 94.3 cm³/mol. The van der Waals surface area contributed by atoms with Crippen molar-refractivity contribution in [2.24, 2.45) is 0 Å². The molecule has 0 aliphatic carbocycles. The molecule has 1 aromatic heterocycles. The average molecular weight is 357 g/mol. The quantitative estimate of drug-likeness (QED) is 0.726. The van der Waals surface area contributed by atoms with E-state index in [4.69, 9.17) is 11.6 Å². The van der Waals surface area contributed by atoms with E-state index in [0.717, 1.165) is 5.56 Å². The summed E-state index contributed by atoms with van der Waals surface area (Å²) in [5, 5.41) is 6.35. The highest BCUT2D eigenvalue weighted by Gasteiger charge is 2.09. The van der Waals surface area contributed by atoms with Gasteiger partial charge in [-0.15, -0.1) is 0 Å². The number of carbonyl (C=O) groups excluding carboxylic acids is 1. The van der Waals surface area contributed by atoms with E-state index in [1.165, 1.54) is 24.5 Å². The van der Waals surface area contributed by atoms with Crippen LogP contribution < -0.4 is 10.6 Å². The number of hydrogen-bond acceptors (Lipinski definition) is 4. The summed E-state index contributed by atoms with van der Waals surface area (Å²) in [5.74, 6) is -0.295. The van der Waals surface area contributed by atoms with Gasteiger partial charge in [-0.1, -0.05) is 29.8 Å². The van der Waals surface area contributed by atoms with Gasteiger partial charge in [0.05, 0.1) is 0 Å². The number of amides is 1. The molecule has 1 amide bonds. The van der Waals surface area contributed by atoms with Crippen LogP contribution in [0.1, 0.15) is 16.1 Å². The van der Waals surface area contributed by atoms with E-state index in [1.807, 2.05) is 12.1 Å². The predicted octanol–water partition coefficient (Wildman–Crippen LogP) is 3.94. The molecule has 0 unspecified atom stereocenters. The molecule has 25 heavy (non-hydrogen) atoms. The Balaban J connectivity index is 1.65. The van der Waals surface area contributed by atoms with Crippen molar-refractivity contribution in [1.82, 2.24) is 15.3 Å². The molecular weight excluding hydrogens is 343 g/mol. The second-order valence-corrected chi connectivity index (χ2v) is 5.67. The first-order valence-corrected chi connectivity index (χ1v) is 7.85. The van der Waals surface area contributed by atoms with Crippen LogP contribution in [0.15, 0.2) is 60.9 Å². The first-order valence-electron chi connectivity index (χ1n) is 7.47. The SMILES string of the molecule is O=C(NCc1ccc(Cl)cc1)c1cc(Nc2cccc(F)c2)ncn1. The number of halogens is 2. The molecule has 5 nitrogen and oxygen atoms in total. The largest absolute Gasteiger partial charge is 0.347 e. The summed E-state index contributed by atoms with van der Waals surface area (Å²) in [4.78, 5) is 20.2. The minimum Gasteiger partial charge on any atom is -0.347 e. The molecule has 0 atom stereocenters. The van der Waals surface area contributed by atoms with Crippen LogP contribution in [0.25, 0.3) is 0 Å². The number of aromatic nitrogens is 2. The zero-order valence-corrected chi connectivity index (χ0v) is 13.8. The van der Waals surface area contributed by atoms with Crippen molar-refractivity contribution in [1.29, 1.82) is 0 Å². The molecule has 2 aromatic carbocycles. The van der Waals surface area contributed by atoms with Gasteiger partial charge in [0.1, 0.15) is 23.7 Å². The van der Waals surface area contributed by atoms with E-state index in [2.05, 4.69) is 20.6 Å². The normalized spacial score (nSPS) is 10.3. The summed E-state index contributed by atoms with van der Waals surface area (Å²) in [5.41, 5.74) is 1.67. The monoisotopic (exact) mass is 356 g/mol. The fourth-order valence-corrected chi connectivity index (χ4v) is 2.27. The molecular formula is C18H14ClFN4O. The summed E-state index contributed by atoms with van der Waals surface area (Å²) in [6.07, 6.45) is 1.28. The molecule has 0 aliphatic heterocycles. The van der Waals surface area contributed by atoms with Crippen LogP contribution in [-0.4, -0.2) is 15.9 Å². The van der Waals surface area contributed by atoms with Crippen LogP contribution in [0.4, 0.5) is 15.9 Å². The first kappa shape index (κ1) is 16.9. The van der Waals surface area contributed by atoms with Gasteiger partial charge in [-0.05, 0) is 35.9 Å². The molecule has 0 fully saturated rings. The van der Waals surface area contributed by atoms with E-state index in [1.54, 1.807) is 24.3 Å². The lowest BCUT2D eigenvalue weighted by molar-refractivity contribution is 0.0946. The zero-order chi connectivity index (χ0) is 17.6. The van der Waals surface area contributed by atoms with Crippen LogP contribution in [0.2, 0.25) is 5.02 Å². The first-order chi connectivity index (χ1) is 12.1. The van der Waals surface area contributed by atoms with E-state index in [-0.39, 0.29) is 17.4 Å². The minimum absolute atomic E-state index is 0.211. The Morgan fingerprint density at radius 3 is 2.64 bits per heavy atom. The average Bonchev–Trinajstić information content (AvgIpc) is 2.61. The lowest BCUT2D eigenvalue weighted by Gasteiger charge is -2.08. The highest BCUT2D eigenvalue weighted by atomic mass is 35.5. The van der Waals surface area contributed by atoms with Gasteiger partial charge in [-0.2, -0.15) is 0 Å². The van der Waals surface area contributed by atoms with Gasteiger partial charge >= 0.3 is 0 Å². The van der Waals surface area contributed by atoms with Gasteiger partial charge in [0.2, 0.25) is 0 Å². The molecule has 7 heteroatoms. The van der Waals surface area contributed by atoms with Gasteiger partial charge in [0.25, 0.3) is 5.91 Å². The second-order valence-electron chi connectivity index (χ2n) is 5.23. The Hall–Kier alpha value is -2.99. The molecule has 3 aromatic rings. The Morgan fingerprint density at radius 1 is 1.08 bits per heavy atom. The van der Waals surface area contributed by atoms with E-state index < -0.39 is 0 Å². The fourth-order valence-electron chi connectivity index (χ4n) is 2.14. The number of rotatable bonds is 5. The molecule has 0 bridgehead atoms. The topological polar surface area (TPSA) is 66.9 Å². The van der Waals surface area contributed by atoms with Gasteiger partial charge in [0, 0.05) is 23.3 Å². The maximum atomic E-state index is 13.2. The summed E-state index contributed by atoms with van der Waals surface area (Å²) >= 11 is 5.83. The third kappa shape index (κ3) is 4.74. The van der Waals surface area contributed by atoms with Crippen molar-refractivity contribution < 1.29 is 9.18 Å². The standard InChI is InChI=1S/C18H14ClFN4O/c19-13-6-4-12(5-7-13)10-21-18(25)16-9-17(23-11-22-16)24-15-3-1-2-14(20)8-15/h1-9,11H,10H2,(H,21,25)(H,22,23,24). The number of anilines is 2.